The fourth-order valence-corrected chi connectivity index (χ4v) is 4.01. The van der Waals surface area contributed by atoms with Crippen LogP contribution in [0.15, 0.2) is 0 Å². The Morgan fingerprint density at radius 1 is 1.30 bits per heavy atom. The molecule has 0 aliphatic heterocycles. The molecule has 2 aromatic heterocycles. The minimum absolute atomic E-state index is 0.650. The zero-order chi connectivity index (χ0) is 13.9. The molecule has 3 N–H and O–H groups in total. The van der Waals surface area contributed by atoms with Gasteiger partial charge >= 0.3 is 0 Å². The van der Waals surface area contributed by atoms with Crippen LogP contribution in [0.3, 0.4) is 0 Å². The topological polar surface area (TPSA) is 73.1 Å². The Kier molecular flexibility index (Phi) is 4.14. The van der Waals surface area contributed by atoms with E-state index in [2.05, 4.69) is 10.4 Å². The Hall–Kier alpha value is -1.24. The minimum atomic E-state index is 0.650. The Balaban J connectivity index is 2.00. The first-order valence-electron chi connectivity index (χ1n) is 7.19. The summed E-state index contributed by atoms with van der Waals surface area (Å²) in [5, 5.41) is 1.13. The van der Waals surface area contributed by atoms with E-state index in [9.17, 15) is 0 Å². The molecule has 0 unspecified atom stereocenters. The molecule has 5 nitrogen and oxygen atoms in total. The van der Waals surface area contributed by atoms with E-state index in [0.29, 0.717) is 6.61 Å². The van der Waals surface area contributed by atoms with Crippen LogP contribution in [0.5, 0.6) is 0 Å². The van der Waals surface area contributed by atoms with Crippen molar-refractivity contribution in [3.63, 3.8) is 0 Å². The molecule has 0 fully saturated rings. The van der Waals surface area contributed by atoms with Crippen LogP contribution >= 0.6 is 11.3 Å². The third kappa shape index (κ3) is 2.51. The first-order valence-corrected chi connectivity index (χ1v) is 8.00. The van der Waals surface area contributed by atoms with E-state index in [1.807, 2.05) is 6.92 Å². The molecule has 20 heavy (non-hydrogen) atoms. The van der Waals surface area contributed by atoms with Crippen LogP contribution in [-0.4, -0.2) is 23.2 Å². The van der Waals surface area contributed by atoms with Gasteiger partial charge in [0.05, 0.1) is 12.0 Å². The van der Waals surface area contributed by atoms with Gasteiger partial charge in [0.15, 0.2) is 5.82 Å². The van der Waals surface area contributed by atoms with Crippen molar-refractivity contribution in [2.75, 3.05) is 18.6 Å². The van der Waals surface area contributed by atoms with Crippen LogP contribution in [-0.2, 0) is 24.0 Å². The zero-order valence-corrected chi connectivity index (χ0v) is 12.6. The maximum absolute atomic E-state index is 5.67. The van der Waals surface area contributed by atoms with Crippen LogP contribution in [0.2, 0.25) is 0 Å². The smallest absolute Gasteiger partial charge is 0.152 e. The van der Waals surface area contributed by atoms with Crippen LogP contribution in [0.4, 0.5) is 5.82 Å². The van der Waals surface area contributed by atoms with Crippen molar-refractivity contribution in [2.24, 2.45) is 5.84 Å². The van der Waals surface area contributed by atoms with Crippen molar-refractivity contribution in [1.82, 2.24) is 9.97 Å². The number of nitrogens with two attached hydrogens (primary N) is 1. The first-order chi connectivity index (χ1) is 9.83. The molecule has 3 rings (SSSR count). The van der Waals surface area contributed by atoms with Crippen LogP contribution in [0, 0.1) is 0 Å². The van der Waals surface area contributed by atoms with Gasteiger partial charge in [-0.25, -0.2) is 15.8 Å². The van der Waals surface area contributed by atoms with Crippen molar-refractivity contribution in [2.45, 2.75) is 39.0 Å². The number of thiophene rings is 1. The van der Waals surface area contributed by atoms with E-state index in [1.165, 1.54) is 23.3 Å². The molecule has 0 spiro atoms. The summed E-state index contributed by atoms with van der Waals surface area (Å²) in [6.07, 6.45) is 5.52. The lowest BCUT2D eigenvalue weighted by molar-refractivity contribution is 0.149. The zero-order valence-electron chi connectivity index (χ0n) is 11.7. The molecule has 0 atom stereocenters. The van der Waals surface area contributed by atoms with Crippen molar-refractivity contribution < 1.29 is 4.74 Å². The Labute approximate surface area is 122 Å². The second-order valence-corrected chi connectivity index (χ2v) is 6.05. The molecule has 2 aromatic rings. The number of nitrogen functional groups attached to an aromatic ring is 1. The van der Waals surface area contributed by atoms with Gasteiger partial charge in [-0.05, 0) is 38.2 Å². The molecular formula is C14H20N4OS. The number of aromatic nitrogens is 2. The van der Waals surface area contributed by atoms with E-state index in [-0.39, 0.29) is 0 Å². The number of hydrogen-bond acceptors (Lipinski definition) is 6. The molecule has 6 heteroatoms. The third-order valence-corrected chi connectivity index (χ3v) is 4.86. The van der Waals surface area contributed by atoms with E-state index >= 15 is 0 Å². The molecule has 1 aliphatic carbocycles. The number of nitrogens with one attached hydrogen (secondary N) is 1. The average molecular weight is 292 g/mol. The van der Waals surface area contributed by atoms with Gasteiger partial charge in [-0.1, -0.05) is 0 Å². The van der Waals surface area contributed by atoms with E-state index in [0.717, 1.165) is 47.7 Å². The Morgan fingerprint density at radius 2 is 2.15 bits per heavy atom. The van der Waals surface area contributed by atoms with Gasteiger partial charge in [-0.3, -0.25) is 0 Å². The van der Waals surface area contributed by atoms with Gasteiger partial charge in [0.25, 0.3) is 0 Å². The lowest BCUT2D eigenvalue weighted by Gasteiger charge is -2.11. The van der Waals surface area contributed by atoms with Crippen molar-refractivity contribution in [1.29, 1.82) is 0 Å². The summed E-state index contributed by atoms with van der Waals surface area (Å²) >= 11 is 1.80. The SMILES string of the molecule is CCOCCc1nc(NN)c2c3c(sc2n1)CCCC3. The second-order valence-electron chi connectivity index (χ2n) is 4.97. The van der Waals surface area contributed by atoms with E-state index in [4.69, 9.17) is 15.6 Å². The molecule has 0 amide bonds. The van der Waals surface area contributed by atoms with Gasteiger partial charge < -0.3 is 10.2 Å². The monoisotopic (exact) mass is 292 g/mol. The Bertz CT molecular complexity index is 611. The number of hydrogen-bond donors (Lipinski definition) is 2. The van der Waals surface area contributed by atoms with E-state index in [1.54, 1.807) is 11.3 Å². The van der Waals surface area contributed by atoms with Crippen molar-refractivity contribution >= 4 is 27.4 Å². The van der Waals surface area contributed by atoms with Gasteiger partial charge in [-0.2, -0.15) is 0 Å². The fourth-order valence-electron chi connectivity index (χ4n) is 2.73. The summed E-state index contributed by atoms with van der Waals surface area (Å²) in [7, 11) is 0. The van der Waals surface area contributed by atoms with Crippen LogP contribution in [0.25, 0.3) is 10.2 Å². The fraction of sp³-hybridized carbons (Fsp3) is 0.571. The second kappa shape index (κ2) is 6.03. The number of aryl methyl sites for hydroxylation is 2. The lowest BCUT2D eigenvalue weighted by Crippen LogP contribution is -2.12. The summed E-state index contributed by atoms with van der Waals surface area (Å²) in [4.78, 5) is 11.8. The van der Waals surface area contributed by atoms with E-state index < -0.39 is 0 Å². The summed E-state index contributed by atoms with van der Waals surface area (Å²) in [6, 6.07) is 0. The van der Waals surface area contributed by atoms with Crippen molar-refractivity contribution in [3.05, 3.63) is 16.3 Å². The van der Waals surface area contributed by atoms with Crippen molar-refractivity contribution in [3.8, 4) is 0 Å². The molecule has 0 bridgehead atoms. The van der Waals surface area contributed by atoms with Crippen LogP contribution < -0.4 is 11.3 Å². The number of ether oxygens (including phenoxy) is 1. The lowest BCUT2D eigenvalue weighted by atomic mass is 9.97. The number of hydrazine groups is 1. The largest absolute Gasteiger partial charge is 0.381 e. The highest BCUT2D eigenvalue weighted by Gasteiger charge is 2.20. The number of fused-ring (bicyclic) bond motifs is 3. The summed E-state index contributed by atoms with van der Waals surface area (Å²) in [6.45, 7) is 3.36. The predicted molar refractivity (Wildman–Crippen MR) is 82.1 cm³/mol. The molecule has 0 saturated heterocycles. The van der Waals surface area contributed by atoms with Gasteiger partial charge in [0.1, 0.15) is 10.7 Å². The molecule has 108 valence electrons. The number of rotatable bonds is 5. The van der Waals surface area contributed by atoms with Crippen LogP contribution in [0.1, 0.15) is 36.0 Å². The molecular weight excluding hydrogens is 272 g/mol. The highest BCUT2D eigenvalue weighted by Crippen LogP contribution is 2.38. The summed E-state index contributed by atoms with van der Waals surface area (Å²) in [5.41, 5.74) is 4.16. The minimum Gasteiger partial charge on any atom is -0.381 e. The normalized spacial score (nSPS) is 14.5. The van der Waals surface area contributed by atoms with Gasteiger partial charge in [-0.15, -0.1) is 11.3 Å². The average Bonchev–Trinajstić information content (AvgIpc) is 2.85. The third-order valence-electron chi connectivity index (χ3n) is 3.67. The molecule has 2 heterocycles. The molecule has 0 aromatic carbocycles. The van der Waals surface area contributed by atoms with Gasteiger partial charge in [0.2, 0.25) is 0 Å². The standard InChI is InChI=1S/C14H20N4OS/c1-2-19-8-7-11-16-13(18-15)12-9-5-3-4-6-10(9)20-14(12)17-11/h2-8,15H2,1H3,(H,16,17,18). The quantitative estimate of drug-likeness (QED) is 0.503. The molecule has 0 radical (unpaired) electrons. The summed E-state index contributed by atoms with van der Waals surface area (Å²) < 4.78 is 5.38. The highest BCUT2D eigenvalue weighted by atomic mass is 32.1. The summed E-state index contributed by atoms with van der Waals surface area (Å²) in [5.74, 6) is 7.23. The predicted octanol–water partition coefficient (Wildman–Crippen LogP) is 2.43. The maximum Gasteiger partial charge on any atom is 0.152 e. The maximum atomic E-state index is 5.67. The Morgan fingerprint density at radius 3 is 2.95 bits per heavy atom. The highest BCUT2D eigenvalue weighted by molar-refractivity contribution is 7.19. The number of anilines is 1. The number of nitrogens with zero attached hydrogens (tertiary/aromatic N) is 2. The molecule has 0 saturated carbocycles. The first kappa shape index (κ1) is 13.7. The van der Waals surface area contributed by atoms with Gasteiger partial charge in [0, 0.05) is 17.9 Å². The molecule has 1 aliphatic rings.